The number of allylic oxidation sites excluding steroid dienone is 2. The first-order chi connectivity index (χ1) is 7.24. The Morgan fingerprint density at radius 2 is 2.33 bits per heavy atom. The highest BCUT2D eigenvalue weighted by molar-refractivity contribution is 7.99. The predicted octanol–water partition coefficient (Wildman–Crippen LogP) is 2.44. The van der Waals surface area contributed by atoms with Gasteiger partial charge in [0.25, 0.3) is 0 Å². The zero-order chi connectivity index (χ0) is 11.5. The van der Waals surface area contributed by atoms with Crippen molar-refractivity contribution < 1.29 is 9.53 Å². The maximum Gasteiger partial charge on any atom is 0.306 e. The fraction of sp³-hybridized carbons (Fsp3) is 0.455. The summed E-state index contributed by atoms with van der Waals surface area (Å²) < 4.78 is 4.54. The van der Waals surface area contributed by atoms with Gasteiger partial charge in [0, 0.05) is 17.7 Å². The molecule has 0 heterocycles. The van der Waals surface area contributed by atoms with Gasteiger partial charge in [-0.3, -0.25) is 9.79 Å². The average molecular weight is 227 g/mol. The smallest absolute Gasteiger partial charge is 0.306 e. The number of aliphatic imine (C=N–C) groups is 1. The van der Waals surface area contributed by atoms with Crippen molar-refractivity contribution in [2.45, 2.75) is 13.3 Å². The summed E-state index contributed by atoms with van der Waals surface area (Å²) in [7, 11) is 1.41. The Morgan fingerprint density at radius 1 is 1.60 bits per heavy atom. The van der Waals surface area contributed by atoms with Crippen molar-refractivity contribution in [3.8, 4) is 0 Å². The monoisotopic (exact) mass is 227 g/mol. The number of carbonyl (C=O) groups excluding carboxylic acids is 1. The van der Waals surface area contributed by atoms with Crippen molar-refractivity contribution in [3.05, 3.63) is 23.9 Å². The second kappa shape index (κ2) is 9.52. The van der Waals surface area contributed by atoms with Crippen LogP contribution in [0.15, 0.2) is 28.9 Å². The van der Waals surface area contributed by atoms with Crippen molar-refractivity contribution >= 4 is 24.4 Å². The third-order valence-electron chi connectivity index (χ3n) is 1.71. The molecule has 0 radical (unpaired) electrons. The molecule has 0 saturated carbocycles. The summed E-state index contributed by atoms with van der Waals surface area (Å²) in [6.45, 7) is 5.34. The Morgan fingerprint density at radius 3 is 2.87 bits per heavy atom. The number of esters is 1. The number of ether oxygens (including phenoxy) is 1. The lowest BCUT2D eigenvalue weighted by atomic mass is 10.3. The average Bonchev–Trinajstić information content (AvgIpc) is 2.27. The normalized spacial score (nSPS) is 11.7. The second-order valence-corrected chi connectivity index (χ2v) is 3.85. The summed E-state index contributed by atoms with van der Waals surface area (Å²) in [5.74, 6) is 1.49. The SMILES string of the molecule is C=N/C=C\C(=C/C)CSCCC(=O)OC. The minimum absolute atomic E-state index is 0.159. The van der Waals surface area contributed by atoms with E-state index in [2.05, 4.69) is 16.4 Å². The fourth-order valence-electron chi connectivity index (χ4n) is 0.824. The van der Waals surface area contributed by atoms with E-state index >= 15 is 0 Å². The highest BCUT2D eigenvalue weighted by Crippen LogP contribution is 2.10. The molecule has 0 aromatic heterocycles. The number of hydrogen-bond donors (Lipinski definition) is 0. The van der Waals surface area contributed by atoms with E-state index in [1.54, 1.807) is 18.0 Å². The van der Waals surface area contributed by atoms with E-state index in [4.69, 9.17) is 0 Å². The van der Waals surface area contributed by atoms with Gasteiger partial charge in [0.15, 0.2) is 0 Å². The Bertz CT molecular complexity index is 259. The van der Waals surface area contributed by atoms with Crippen molar-refractivity contribution in [2.75, 3.05) is 18.6 Å². The molecule has 0 atom stereocenters. The number of carbonyl (C=O) groups is 1. The van der Waals surface area contributed by atoms with Gasteiger partial charge in [-0.05, 0) is 25.3 Å². The van der Waals surface area contributed by atoms with E-state index in [1.165, 1.54) is 12.7 Å². The maximum absolute atomic E-state index is 10.8. The molecule has 0 fully saturated rings. The predicted molar refractivity (Wildman–Crippen MR) is 66.4 cm³/mol. The van der Waals surface area contributed by atoms with E-state index < -0.39 is 0 Å². The topological polar surface area (TPSA) is 38.7 Å². The van der Waals surface area contributed by atoms with Crippen molar-refractivity contribution in [1.29, 1.82) is 0 Å². The molecular formula is C11H17NO2S. The highest BCUT2D eigenvalue weighted by atomic mass is 32.2. The summed E-state index contributed by atoms with van der Waals surface area (Å²) >= 11 is 1.70. The van der Waals surface area contributed by atoms with Crippen LogP contribution in [0.2, 0.25) is 0 Å². The van der Waals surface area contributed by atoms with E-state index in [9.17, 15) is 4.79 Å². The van der Waals surface area contributed by atoms with Gasteiger partial charge in [-0.2, -0.15) is 11.8 Å². The van der Waals surface area contributed by atoms with Crippen LogP contribution in [0.1, 0.15) is 13.3 Å². The van der Waals surface area contributed by atoms with Crippen LogP contribution in [0, 0.1) is 0 Å². The van der Waals surface area contributed by atoms with Crippen molar-refractivity contribution in [1.82, 2.24) is 0 Å². The van der Waals surface area contributed by atoms with E-state index in [1.807, 2.05) is 19.1 Å². The highest BCUT2D eigenvalue weighted by Gasteiger charge is 1.99. The molecule has 0 aliphatic heterocycles. The first kappa shape index (κ1) is 14.0. The second-order valence-electron chi connectivity index (χ2n) is 2.74. The molecule has 0 spiro atoms. The van der Waals surface area contributed by atoms with Crippen LogP contribution in [-0.4, -0.2) is 31.3 Å². The molecule has 0 unspecified atom stereocenters. The molecule has 0 bridgehead atoms. The lowest BCUT2D eigenvalue weighted by Gasteiger charge is -2.01. The van der Waals surface area contributed by atoms with Gasteiger partial charge in [-0.1, -0.05) is 6.08 Å². The van der Waals surface area contributed by atoms with Gasteiger partial charge in [0.1, 0.15) is 0 Å². The van der Waals surface area contributed by atoms with Crippen LogP contribution in [-0.2, 0) is 9.53 Å². The standard InChI is InChI=1S/C11H17NO2S/c1-4-10(5-7-12-2)9-15-8-6-11(13)14-3/h4-5,7H,2,6,8-9H2,1,3H3/b7-5-,10-4+. The number of methoxy groups -OCH3 is 1. The summed E-state index contributed by atoms with van der Waals surface area (Å²) in [5.41, 5.74) is 1.18. The van der Waals surface area contributed by atoms with Crippen molar-refractivity contribution in [2.24, 2.45) is 4.99 Å². The minimum atomic E-state index is -0.159. The van der Waals surface area contributed by atoms with Crippen LogP contribution in [0.25, 0.3) is 0 Å². The molecule has 0 aromatic rings. The molecule has 0 aromatic carbocycles. The largest absolute Gasteiger partial charge is 0.469 e. The van der Waals surface area contributed by atoms with Crippen LogP contribution >= 0.6 is 11.8 Å². The van der Waals surface area contributed by atoms with Gasteiger partial charge >= 0.3 is 5.97 Å². The summed E-state index contributed by atoms with van der Waals surface area (Å²) in [5, 5.41) is 0. The van der Waals surface area contributed by atoms with Crippen LogP contribution in [0.3, 0.4) is 0 Å². The van der Waals surface area contributed by atoms with E-state index in [0.717, 1.165) is 11.5 Å². The fourth-order valence-corrected chi connectivity index (χ4v) is 1.78. The van der Waals surface area contributed by atoms with E-state index in [0.29, 0.717) is 6.42 Å². The first-order valence-corrected chi connectivity index (χ1v) is 5.82. The van der Waals surface area contributed by atoms with Gasteiger partial charge in [-0.25, -0.2) is 0 Å². The van der Waals surface area contributed by atoms with Crippen LogP contribution < -0.4 is 0 Å². The Kier molecular flexibility index (Phi) is 8.87. The molecule has 0 aliphatic carbocycles. The summed E-state index contributed by atoms with van der Waals surface area (Å²) in [4.78, 5) is 14.4. The maximum atomic E-state index is 10.8. The number of nitrogens with zero attached hydrogens (tertiary/aromatic N) is 1. The van der Waals surface area contributed by atoms with Gasteiger partial charge in [0.2, 0.25) is 0 Å². The molecule has 0 aliphatic rings. The zero-order valence-electron chi connectivity index (χ0n) is 9.23. The molecule has 4 heteroatoms. The van der Waals surface area contributed by atoms with Crippen LogP contribution in [0.5, 0.6) is 0 Å². The summed E-state index contributed by atoms with van der Waals surface area (Å²) in [6, 6.07) is 0. The number of thioether (sulfide) groups is 1. The van der Waals surface area contributed by atoms with Gasteiger partial charge < -0.3 is 4.74 Å². The lowest BCUT2D eigenvalue weighted by Crippen LogP contribution is -2.01. The zero-order valence-corrected chi connectivity index (χ0v) is 10.0. The van der Waals surface area contributed by atoms with Crippen molar-refractivity contribution in [3.63, 3.8) is 0 Å². The number of rotatable bonds is 7. The quantitative estimate of drug-likeness (QED) is 0.290. The molecule has 15 heavy (non-hydrogen) atoms. The van der Waals surface area contributed by atoms with Gasteiger partial charge in [-0.15, -0.1) is 0 Å². The van der Waals surface area contributed by atoms with Crippen LogP contribution in [0.4, 0.5) is 0 Å². The molecule has 0 amide bonds. The first-order valence-electron chi connectivity index (χ1n) is 4.66. The molecule has 0 rings (SSSR count). The van der Waals surface area contributed by atoms with Gasteiger partial charge in [0.05, 0.1) is 13.5 Å². The number of hydrogen-bond acceptors (Lipinski definition) is 4. The molecule has 3 nitrogen and oxygen atoms in total. The Hall–Kier alpha value is -1.03. The Balaban J connectivity index is 3.69. The summed E-state index contributed by atoms with van der Waals surface area (Å²) in [6.07, 6.45) is 6.06. The molecular weight excluding hydrogens is 210 g/mol. The molecule has 84 valence electrons. The lowest BCUT2D eigenvalue weighted by molar-refractivity contribution is -0.140. The van der Waals surface area contributed by atoms with E-state index in [-0.39, 0.29) is 5.97 Å². The Labute approximate surface area is 95.3 Å². The third kappa shape index (κ3) is 8.00. The molecule has 0 saturated heterocycles. The minimum Gasteiger partial charge on any atom is -0.469 e. The third-order valence-corrected chi connectivity index (χ3v) is 2.74. The molecule has 0 N–H and O–H groups in total.